The van der Waals surface area contributed by atoms with Gasteiger partial charge in [0.05, 0.1) is 16.1 Å². The summed E-state index contributed by atoms with van der Waals surface area (Å²) in [7, 11) is 0. The van der Waals surface area contributed by atoms with Crippen molar-refractivity contribution in [3.8, 4) is 10.7 Å². The van der Waals surface area contributed by atoms with Crippen molar-refractivity contribution in [1.29, 1.82) is 0 Å². The lowest BCUT2D eigenvalue weighted by Gasteiger charge is -2.33. The molecule has 1 aliphatic heterocycles. The van der Waals surface area contributed by atoms with Gasteiger partial charge in [0, 0.05) is 19.7 Å². The Labute approximate surface area is 136 Å². The first-order chi connectivity index (χ1) is 10.6. The highest BCUT2D eigenvalue weighted by atomic mass is 35.5. The van der Waals surface area contributed by atoms with Crippen molar-refractivity contribution >= 4 is 28.8 Å². The molecule has 6 nitrogen and oxygen atoms in total. The van der Waals surface area contributed by atoms with Gasteiger partial charge >= 0.3 is 0 Å². The Morgan fingerprint density at radius 2 is 2.41 bits per heavy atom. The summed E-state index contributed by atoms with van der Waals surface area (Å²) < 4.78 is 0. The van der Waals surface area contributed by atoms with Crippen molar-refractivity contribution in [3.63, 3.8) is 0 Å². The summed E-state index contributed by atoms with van der Waals surface area (Å²) >= 11 is 7.60. The van der Waals surface area contributed by atoms with Gasteiger partial charge < -0.3 is 15.0 Å². The van der Waals surface area contributed by atoms with Crippen LogP contribution in [-0.2, 0) is 0 Å². The highest BCUT2D eigenvalue weighted by molar-refractivity contribution is 7.13. The molecule has 1 unspecified atom stereocenters. The first-order valence-electron chi connectivity index (χ1n) is 7.16. The van der Waals surface area contributed by atoms with Crippen molar-refractivity contribution in [2.24, 2.45) is 5.92 Å². The van der Waals surface area contributed by atoms with E-state index in [4.69, 9.17) is 11.6 Å². The van der Waals surface area contributed by atoms with Gasteiger partial charge in [-0.2, -0.15) is 0 Å². The SMILES string of the molecule is Cc1ncsc1-c1nc(N2CCCC(CO)C2)c(Cl)c(=O)[nH]1. The highest BCUT2D eigenvalue weighted by Gasteiger charge is 2.24. The molecule has 0 amide bonds. The maximum Gasteiger partial charge on any atom is 0.272 e. The molecule has 2 aromatic heterocycles. The molecule has 0 radical (unpaired) electrons. The quantitative estimate of drug-likeness (QED) is 0.893. The standard InChI is InChI=1S/C14H17ClN4O2S/c1-8-11(22-7-16-8)12-17-13(10(15)14(21)18-12)19-4-2-3-9(5-19)6-20/h7,9,20H,2-6H2,1H3,(H,17,18,21). The van der Waals surface area contributed by atoms with E-state index in [9.17, 15) is 9.90 Å². The van der Waals surface area contributed by atoms with E-state index in [0.29, 0.717) is 18.2 Å². The number of nitrogens with one attached hydrogen (secondary N) is 1. The molecule has 1 atom stereocenters. The number of aliphatic hydroxyl groups excluding tert-OH is 1. The number of hydrogen-bond acceptors (Lipinski definition) is 6. The number of hydrogen-bond donors (Lipinski definition) is 2. The molecule has 0 aromatic carbocycles. The molecule has 0 aliphatic carbocycles. The summed E-state index contributed by atoms with van der Waals surface area (Å²) in [5.74, 6) is 1.18. The van der Waals surface area contributed by atoms with Gasteiger partial charge in [-0.15, -0.1) is 11.3 Å². The molecule has 1 saturated heterocycles. The Balaban J connectivity index is 2.02. The minimum Gasteiger partial charge on any atom is -0.396 e. The summed E-state index contributed by atoms with van der Waals surface area (Å²) in [6, 6.07) is 0. The summed E-state index contributed by atoms with van der Waals surface area (Å²) in [5, 5.41) is 9.47. The van der Waals surface area contributed by atoms with Gasteiger partial charge in [0.1, 0.15) is 5.02 Å². The Hall–Kier alpha value is -1.44. The molecule has 2 aromatic rings. The second kappa shape index (κ2) is 6.36. The van der Waals surface area contributed by atoms with Crippen LogP contribution in [0.1, 0.15) is 18.5 Å². The zero-order valence-corrected chi connectivity index (χ0v) is 13.7. The molecule has 118 valence electrons. The number of piperidine rings is 1. The molecular formula is C14H17ClN4O2S. The van der Waals surface area contributed by atoms with Gasteiger partial charge in [-0.3, -0.25) is 4.79 Å². The molecule has 0 saturated carbocycles. The number of aryl methyl sites for hydroxylation is 1. The maximum atomic E-state index is 12.1. The van der Waals surface area contributed by atoms with Crippen LogP contribution in [0.15, 0.2) is 10.3 Å². The number of aliphatic hydroxyl groups is 1. The zero-order chi connectivity index (χ0) is 15.7. The Morgan fingerprint density at radius 3 is 3.09 bits per heavy atom. The zero-order valence-electron chi connectivity index (χ0n) is 12.2. The Bertz CT molecular complexity index is 730. The van der Waals surface area contributed by atoms with E-state index < -0.39 is 0 Å². The number of thiazole rings is 1. The molecule has 2 N–H and O–H groups in total. The van der Waals surface area contributed by atoms with Gasteiger partial charge in [-0.25, -0.2) is 9.97 Å². The van der Waals surface area contributed by atoms with Crippen LogP contribution in [0.25, 0.3) is 10.7 Å². The highest BCUT2D eigenvalue weighted by Crippen LogP contribution is 2.29. The average Bonchev–Trinajstić information content (AvgIpc) is 2.96. The van der Waals surface area contributed by atoms with Gasteiger partial charge in [-0.1, -0.05) is 11.6 Å². The molecule has 3 rings (SSSR count). The van der Waals surface area contributed by atoms with Crippen LogP contribution in [0.5, 0.6) is 0 Å². The molecular weight excluding hydrogens is 324 g/mol. The summed E-state index contributed by atoms with van der Waals surface area (Å²) in [6.07, 6.45) is 1.93. The predicted octanol–water partition coefficient (Wildman–Crippen LogP) is 2.06. The number of aromatic amines is 1. The van der Waals surface area contributed by atoms with Crippen molar-refractivity contribution in [2.75, 3.05) is 24.6 Å². The lowest BCUT2D eigenvalue weighted by Crippen LogP contribution is -2.38. The number of nitrogens with zero attached hydrogens (tertiary/aromatic N) is 3. The fourth-order valence-corrected chi connectivity index (χ4v) is 3.66. The fourth-order valence-electron chi connectivity index (χ4n) is 2.70. The van der Waals surface area contributed by atoms with Crippen molar-refractivity contribution in [3.05, 3.63) is 26.6 Å². The van der Waals surface area contributed by atoms with E-state index in [-0.39, 0.29) is 23.1 Å². The minimum absolute atomic E-state index is 0.101. The average molecular weight is 341 g/mol. The van der Waals surface area contributed by atoms with Gasteiger partial charge in [0.15, 0.2) is 11.6 Å². The van der Waals surface area contributed by atoms with Gasteiger partial charge in [-0.05, 0) is 25.7 Å². The molecule has 22 heavy (non-hydrogen) atoms. The van der Waals surface area contributed by atoms with Crippen LogP contribution in [0.2, 0.25) is 5.02 Å². The Kier molecular flexibility index (Phi) is 4.46. The lowest BCUT2D eigenvalue weighted by molar-refractivity contribution is 0.208. The van der Waals surface area contributed by atoms with E-state index in [1.165, 1.54) is 11.3 Å². The second-order valence-corrected chi connectivity index (χ2v) is 6.69. The van der Waals surface area contributed by atoms with E-state index >= 15 is 0 Å². The van der Waals surface area contributed by atoms with Crippen molar-refractivity contribution in [2.45, 2.75) is 19.8 Å². The van der Waals surface area contributed by atoms with E-state index in [2.05, 4.69) is 15.0 Å². The van der Waals surface area contributed by atoms with Gasteiger partial charge in [0.25, 0.3) is 5.56 Å². The summed E-state index contributed by atoms with van der Waals surface area (Å²) in [6.45, 7) is 3.46. The monoisotopic (exact) mass is 340 g/mol. The Morgan fingerprint density at radius 1 is 1.59 bits per heavy atom. The summed E-state index contributed by atoms with van der Waals surface area (Å²) in [5.41, 5.74) is 2.20. The third-order valence-corrected chi connectivity index (χ3v) is 5.16. The molecule has 0 bridgehead atoms. The van der Waals surface area contributed by atoms with Crippen molar-refractivity contribution < 1.29 is 5.11 Å². The van der Waals surface area contributed by atoms with E-state index in [0.717, 1.165) is 30.0 Å². The number of anilines is 1. The first-order valence-corrected chi connectivity index (χ1v) is 8.42. The van der Waals surface area contributed by atoms with Crippen molar-refractivity contribution in [1.82, 2.24) is 15.0 Å². The largest absolute Gasteiger partial charge is 0.396 e. The lowest BCUT2D eigenvalue weighted by atomic mass is 9.99. The summed E-state index contributed by atoms with van der Waals surface area (Å²) in [4.78, 5) is 26.4. The molecule has 3 heterocycles. The van der Waals surface area contributed by atoms with Gasteiger partial charge in [0.2, 0.25) is 0 Å². The third kappa shape index (κ3) is 2.88. The normalized spacial score (nSPS) is 18.7. The number of halogens is 1. The topological polar surface area (TPSA) is 82.1 Å². The van der Waals surface area contributed by atoms with Crippen LogP contribution in [-0.4, -0.2) is 39.8 Å². The van der Waals surface area contributed by atoms with E-state index in [1.54, 1.807) is 5.51 Å². The minimum atomic E-state index is -0.347. The second-order valence-electron chi connectivity index (χ2n) is 5.46. The number of rotatable bonds is 3. The molecule has 0 spiro atoms. The van der Waals surface area contributed by atoms with Crippen LogP contribution < -0.4 is 10.5 Å². The number of H-pyrrole nitrogens is 1. The number of aromatic nitrogens is 3. The van der Waals surface area contributed by atoms with Crippen LogP contribution in [0.4, 0.5) is 5.82 Å². The van der Waals surface area contributed by atoms with Crippen LogP contribution >= 0.6 is 22.9 Å². The predicted molar refractivity (Wildman–Crippen MR) is 87.7 cm³/mol. The molecule has 1 fully saturated rings. The van der Waals surface area contributed by atoms with E-state index in [1.807, 2.05) is 11.8 Å². The molecule has 8 heteroatoms. The van der Waals surface area contributed by atoms with Crippen LogP contribution in [0, 0.1) is 12.8 Å². The smallest absolute Gasteiger partial charge is 0.272 e. The van der Waals surface area contributed by atoms with Crippen LogP contribution in [0.3, 0.4) is 0 Å². The third-order valence-electron chi connectivity index (χ3n) is 3.88. The maximum absolute atomic E-state index is 12.1. The fraction of sp³-hybridized carbons (Fsp3) is 0.500. The molecule has 1 aliphatic rings. The first kappa shape index (κ1) is 15.5.